The number of non-ortho nitro benzene ring substituents is 1. The monoisotopic (exact) mass is 317 g/mol. The minimum absolute atomic E-state index is 0.0274. The molecule has 0 aromatic heterocycles. The van der Waals surface area contributed by atoms with E-state index in [1.165, 1.54) is 18.2 Å². The molecule has 2 rings (SSSR count). The van der Waals surface area contributed by atoms with Gasteiger partial charge in [-0.2, -0.15) is 0 Å². The van der Waals surface area contributed by atoms with Crippen LogP contribution in [0.3, 0.4) is 0 Å². The average Bonchev–Trinajstić information content (AvgIpc) is 2.51. The van der Waals surface area contributed by atoms with Gasteiger partial charge in [0.15, 0.2) is 0 Å². The zero-order valence-electron chi connectivity index (χ0n) is 11.4. The van der Waals surface area contributed by atoms with Crippen molar-refractivity contribution in [3.05, 3.63) is 80.9 Å². The molecule has 2 aromatic rings. The molecule has 0 spiro atoms. The van der Waals surface area contributed by atoms with Crippen LogP contribution in [0.25, 0.3) is 6.08 Å². The lowest BCUT2D eigenvalue weighted by atomic mass is 10.2. The van der Waals surface area contributed by atoms with E-state index in [1.807, 2.05) is 0 Å². The lowest BCUT2D eigenvalue weighted by molar-refractivity contribution is -0.384. The smallest absolute Gasteiger partial charge is 0.331 e. The predicted octanol–water partition coefficient (Wildman–Crippen LogP) is 4.00. The molecule has 6 heteroatoms. The Kier molecular flexibility index (Phi) is 5.27. The molecule has 22 heavy (non-hydrogen) atoms. The number of nitrogens with zero attached hydrogens (tertiary/aromatic N) is 1. The van der Waals surface area contributed by atoms with Gasteiger partial charge in [0.2, 0.25) is 0 Å². The Morgan fingerprint density at radius 2 is 2.00 bits per heavy atom. The van der Waals surface area contributed by atoms with Crippen molar-refractivity contribution in [3.8, 4) is 0 Å². The van der Waals surface area contributed by atoms with Crippen LogP contribution in [0.2, 0.25) is 5.02 Å². The van der Waals surface area contributed by atoms with Crippen molar-refractivity contribution >= 4 is 29.3 Å². The molecule has 0 saturated carbocycles. The van der Waals surface area contributed by atoms with Gasteiger partial charge in [0.05, 0.1) is 4.92 Å². The van der Waals surface area contributed by atoms with Gasteiger partial charge in [-0.1, -0.05) is 35.9 Å². The SMILES string of the molecule is O=C(C=Cc1cccc(Cl)c1)OCc1cccc([N+](=O)[O-])c1. The van der Waals surface area contributed by atoms with E-state index in [2.05, 4.69) is 0 Å². The largest absolute Gasteiger partial charge is 0.458 e. The average molecular weight is 318 g/mol. The second kappa shape index (κ2) is 7.38. The molecule has 0 bridgehead atoms. The van der Waals surface area contributed by atoms with Gasteiger partial charge in [-0.25, -0.2) is 4.79 Å². The van der Waals surface area contributed by atoms with Crippen molar-refractivity contribution in [2.45, 2.75) is 6.61 Å². The van der Waals surface area contributed by atoms with Crippen molar-refractivity contribution in [1.82, 2.24) is 0 Å². The van der Waals surface area contributed by atoms with Gasteiger partial charge >= 0.3 is 5.97 Å². The predicted molar refractivity (Wildman–Crippen MR) is 83.4 cm³/mol. The van der Waals surface area contributed by atoms with Crippen LogP contribution in [0.5, 0.6) is 0 Å². The van der Waals surface area contributed by atoms with Crippen molar-refractivity contribution < 1.29 is 14.5 Å². The van der Waals surface area contributed by atoms with E-state index < -0.39 is 10.9 Å². The third-order valence-electron chi connectivity index (χ3n) is 2.76. The van der Waals surface area contributed by atoms with Gasteiger partial charge in [-0.3, -0.25) is 10.1 Å². The van der Waals surface area contributed by atoms with Crippen molar-refractivity contribution in [2.24, 2.45) is 0 Å². The molecule has 0 N–H and O–H groups in total. The van der Waals surface area contributed by atoms with Gasteiger partial charge in [0.25, 0.3) is 5.69 Å². The first-order valence-electron chi connectivity index (χ1n) is 6.38. The van der Waals surface area contributed by atoms with Gasteiger partial charge in [-0.05, 0) is 29.3 Å². The minimum atomic E-state index is -0.536. The topological polar surface area (TPSA) is 69.4 Å². The molecule has 2 aromatic carbocycles. The Morgan fingerprint density at radius 3 is 2.73 bits per heavy atom. The standard InChI is InChI=1S/C16H12ClNO4/c17-14-5-1-3-12(9-14)7-8-16(19)22-11-13-4-2-6-15(10-13)18(20)21/h1-10H,11H2. The lowest BCUT2D eigenvalue weighted by Crippen LogP contribution is -2.01. The van der Waals surface area contributed by atoms with E-state index in [1.54, 1.807) is 42.5 Å². The van der Waals surface area contributed by atoms with E-state index in [9.17, 15) is 14.9 Å². The number of nitro benzene ring substituents is 1. The highest BCUT2D eigenvalue weighted by Gasteiger charge is 2.06. The number of benzene rings is 2. The minimum Gasteiger partial charge on any atom is -0.458 e. The molecular weight excluding hydrogens is 306 g/mol. The van der Waals surface area contributed by atoms with Gasteiger partial charge in [0.1, 0.15) is 6.61 Å². The van der Waals surface area contributed by atoms with Crippen molar-refractivity contribution in [2.75, 3.05) is 0 Å². The summed E-state index contributed by atoms with van der Waals surface area (Å²) in [4.78, 5) is 21.8. The van der Waals surface area contributed by atoms with Crippen LogP contribution in [0.15, 0.2) is 54.6 Å². The fourth-order valence-corrected chi connectivity index (χ4v) is 1.94. The van der Waals surface area contributed by atoms with Gasteiger partial charge in [0, 0.05) is 23.2 Å². The molecule has 0 radical (unpaired) electrons. The Bertz CT molecular complexity index is 728. The molecule has 112 valence electrons. The van der Waals surface area contributed by atoms with E-state index >= 15 is 0 Å². The van der Waals surface area contributed by atoms with Crippen LogP contribution in [-0.4, -0.2) is 10.9 Å². The molecule has 0 amide bonds. The summed E-state index contributed by atoms with van der Waals surface area (Å²) in [6, 6.07) is 13.0. The summed E-state index contributed by atoms with van der Waals surface area (Å²) in [6.45, 7) is -0.0274. The molecule has 0 unspecified atom stereocenters. The van der Waals surface area contributed by atoms with Crippen LogP contribution >= 0.6 is 11.6 Å². The molecule has 0 fully saturated rings. The number of carbonyl (C=O) groups excluding carboxylic acids is 1. The van der Waals surface area contributed by atoms with E-state index in [4.69, 9.17) is 16.3 Å². The third kappa shape index (κ3) is 4.71. The molecule has 0 aliphatic rings. The third-order valence-corrected chi connectivity index (χ3v) is 3.00. The Balaban J connectivity index is 1.93. The first kappa shape index (κ1) is 15.7. The molecule has 5 nitrogen and oxygen atoms in total. The van der Waals surface area contributed by atoms with Crippen molar-refractivity contribution in [3.63, 3.8) is 0 Å². The quantitative estimate of drug-likeness (QED) is 0.361. The number of ether oxygens (including phenoxy) is 1. The summed E-state index contributed by atoms with van der Waals surface area (Å²) >= 11 is 5.84. The molecular formula is C16H12ClNO4. The van der Waals surface area contributed by atoms with Crippen LogP contribution in [-0.2, 0) is 16.1 Å². The molecule has 0 saturated heterocycles. The Morgan fingerprint density at radius 1 is 1.23 bits per heavy atom. The van der Waals surface area contributed by atoms with Crippen LogP contribution < -0.4 is 0 Å². The number of hydrogen-bond donors (Lipinski definition) is 0. The van der Waals surface area contributed by atoms with Crippen molar-refractivity contribution in [1.29, 1.82) is 0 Å². The highest BCUT2D eigenvalue weighted by molar-refractivity contribution is 6.30. The zero-order valence-corrected chi connectivity index (χ0v) is 12.2. The summed E-state index contributed by atoms with van der Waals surface area (Å²) in [7, 11) is 0. The van der Waals surface area contributed by atoms with Gasteiger partial charge < -0.3 is 4.74 Å². The highest BCUT2D eigenvalue weighted by Crippen LogP contribution is 2.14. The second-order valence-electron chi connectivity index (χ2n) is 4.42. The van der Waals surface area contributed by atoms with Gasteiger partial charge in [-0.15, -0.1) is 0 Å². The summed E-state index contributed by atoms with van der Waals surface area (Å²) in [5.41, 5.74) is 1.29. The maximum absolute atomic E-state index is 11.6. The van der Waals surface area contributed by atoms with E-state index in [-0.39, 0.29) is 12.3 Å². The van der Waals surface area contributed by atoms with E-state index in [0.29, 0.717) is 10.6 Å². The van der Waals surface area contributed by atoms with E-state index in [0.717, 1.165) is 5.56 Å². The summed E-state index contributed by atoms with van der Waals surface area (Å²) in [5.74, 6) is -0.536. The molecule has 0 atom stereocenters. The summed E-state index contributed by atoms with van der Waals surface area (Å²) in [6.07, 6.45) is 2.87. The number of esters is 1. The van der Waals surface area contributed by atoms with Crippen LogP contribution in [0.1, 0.15) is 11.1 Å². The number of halogens is 1. The van der Waals surface area contributed by atoms with Crippen LogP contribution in [0, 0.1) is 10.1 Å². The summed E-state index contributed by atoms with van der Waals surface area (Å²) < 4.78 is 5.03. The zero-order chi connectivity index (χ0) is 15.9. The maximum atomic E-state index is 11.6. The maximum Gasteiger partial charge on any atom is 0.331 e. The normalized spacial score (nSPS) is 10.6. The highest BCUT2D eigenvalue weighted by atomic mass is 35.5. The molecule has 0 aliphatic carbocycles. The lowest BCUT2D eigenvalue weighted by Gasteiger charge is -2.02. The number of rotatable bonds is 5. The fraction of sp³-hybridized carbons (Fsp3) is 0.0625. The number of hydrogen-bond acceptors (Lipinski definition) is 4. The number of carbonyl (C=O) groups is 1. The van der Waals surface area contributed by atoms with Crippen LogP contribution in [0.4, 0.5) is 5.69 Å². The Hall–Kier alpha value is -2.66. The Labute approximate surface area is 131 Å². The first-order valence-corrected chi connectivity index (χ1v) is 6.76. The molecule has 0 aliphatic heterocycles. The first-order chi connectivity index (χ1) is 10.5. The molecule has 0 heterocycles. The second-order valence-corrected chi connectivity index (χ2v) is 4.86. The fourth-order valence-electron chi connectivity index (χ4n) is 1.74. The summed E-state index contributed by atoms with van der Waals surface area (Å²) in [5, 5.41) is 11.2. The number of nitro groups is 1.